The minimum Gasteiger partial charge on any atom is -0.315 e. The van der Waals surface area contributed by atoms with Gasteiger partial charge in [0.15, 0.2) is 0 Å². The fourth-order valence-electron chi connectivity index (χ4n) is 2.56. The predicted octanol–water partition coefficient (Wildman–Crippen LogP) is 1.03. The lowest BCUT2D eigenvalue weighted by atomic mass is 10.0. The number of rotatable bonds is 0. The van der Waals surface area contributed by atoms with Gasteiger partial charge in [0.05, 0.1) is 0 Å². The predicted molar refractivity (Wildman–Crippen MR) is 51.5 cm³/mol. The van der Waals surface area contributed by atoms with Crippen LogP contribution in [0.4, 0.5) is 4.39 Å². The van der Waals surface area contributed by atoms with Crippen LogP contribution in [0.1, 0.15) is 20.3 Å². The Labute approximate surface area is 79.5 Å². The zero-order valence-electron chi connectivity index (χ0n) is 8.46. The number of nitrogens with one attached hydrogen (secondary N) is 1. The van der Waals surface area contributed by atoms with Crippen LogP contribution in [0.5, 0.6) is 0 Å². The maximum atomic E-state index is 13.2. The van der Waals surface area contributed by atoms with Gasteiger partial charge in [0, 0.05) is 25.2 Å². The molecule has 0 aromatic heterocycles. The fourth-order valence-corrected chi connectivity index (χ4v) is 2.56. The van der Waals surface area contributed by atoms with Crippen LogP contribution in [0.25, 0.3) is 0 Å². The molecule has 2 rings (SSSR count). The first-order valence-electron chi connectivity index (χ1n) is 5.29. The second-order valence-electron chi connectivity index (χ2n) is 4.56. The summed E-state index contributed by atoms with van der Waals surface area (Å²) in [6.45, 7) is 7.16. The van der Waals surface area contributed by atoms with E-state index in [0.717, 1.165) is 19.5 Å². The van der Waals surface area contributed by atoms with E-state index in [0.29, 0.717) is 24.5 Å². The monoisotopic (exact) mass is 186 g/mol. The Kier molecular flexibility index (Phi) is 2.56. The standard InChI is InChI=1S/C10H19FN2/c1-7-4-12-5-10-3-9(11)6-13(10)8(7)2/h7-10,12H,3-6H2,1-2H3/t7-,8-,9?,10?/m1/s1. The molecule has 0 bridgehead atoms. The van der Waals surface area contributed by atoms with Crippen LogP contribution in [-0.4, -0.2) is 42.8 Å². The first-order chi connectivity index (χ1) is 6.18. The van der Waals surface area contributed by atoms with Gasteiger partial charge in [-0.3, -0.25) is 4.90 Å². The van der Waals surface area contributed by atoms with E-state index in [9.17, 15) is 4.39 Å². The molecule has 2 unspecified atom stereocenters. The quantitative estimate of drug-likeness (QED) is 0.608. The molecule has 2 fully saturated rings. The summed E-state index contributed by atoms with van der Waals surface area (Å²) in [6, 6.07) is 0.968. The van der Waals surface area contributed by atoms with Crippen LogP contribution in [0.2, 0.25) is 0 Å². The number of alkyl halides is 1. The summed E-state index contributed by atoms with van der Waals surface area (Å²) >= 11 is 0. The molecular formula is C10H19FN2. The van der Waals surface area contributed by atoms with Gasteiger partial charge in [0.1, 0.15) is 6.17 Å². The summed E-state index contributed by atoms with van der Waals surface area (Å²) in [4.78, 5) is 2.34. The number of nitrogens with zero attached hydrogens (tertiary/aromatic N) is 1. The Bertz CT molecular complexity index is 184. The first kappa shape index (κ1) is 9.41. The molecule has 1 N–H and O–H groups in total. The van der Waals surface area contributed by atoms with Crippen molar-refractivity contribution in [3.63, 3.8) is 0 Å². The third kappa shape index (κ3) is 1.72. The number of hydrogen-bond donors (Lipinski definition) is 1. The summed E-state index contributed by atoms with van der Waals surface area (Å²) in [5.74, 6) is 0.635. The highest BCUT2D eigenvalue weighted by Crippen LogP contribution is 2.26. The van der Waals surface area contributed by atoms with Crippen LogP contribution >= 0.6 is 0 Å². The Hall–Kier alpha value is -0.150. The van der Waals surface area contributed by atoms with Crippen molar-refractivity contribution < 1.29 is 4.39 Å². The highest BCUT2D eigenvalue weighted by Gasteiger charge is 2.37. The second kappa shape index (κ2) is 3.54. The molecule has 2 nitrogen and oxygen atoms in total. The van der Waals surface area contributed by atoms with Gasteiger partial charge in [-0.25, -0.2) is 4.39 Å². The first-order valence-corrected chi connectivity index (χ1v) is 5.29. The van der Waals surface area contributed by atoms with Gasteiger partial charge in [0.25, 0.3) is 0 Å². The van der Waals surface area contributed by atoms with Crippen LogP contribution in [0.3, 0.4) is 0 Å². The molecule has 0 spiro atoms. The van der Waals surface area contributed by atoms with Gasteiger partial charge < -0.3 is 5.32 Å². The summed E-state index contributed by atoms with van der Waals surface area (Å²) in [7, 11) is 0. The van der Waals surface area contributed by atoms with Crippen molar-refractivity contribution in [3.8, 4) is 0 Å². The average Bonchev–Trinajstić information content (AvgIpc) is 2.40. The number of fused-ring (bicyclic) bond motifs is 1. The zero-order chi connectivity index (χ0) is 9.42. The SMILES string of the molecule is C[C@@H]1CNCC2CC(F)CN2[C@@H]1C. The summed E-state index contributed by atoms with van der Waals surface area (Å²) in [5.41, 5.74) is 0. The van der Waals surface area contributed by atoms with Crippen molar-refractivity contribution in [2.45, 2.75) is 38.5 Å². The molecule has 2 saturated heterocycles. The van der Waals surface area contributed by atoms with E-state index in [2.05, 4.69) is 24.1 Å². The smallest absolute Gasteiger partial charge is 0.114 e. The van der Waals surface area contributed by atoms with Crippen molar-refractivity contribution in [2.75, 3.05) is 19.6 Å². The topological polar surface area (TPSA) is 15.3 Å². The molecule has 2 heterocycles. The average molecular weight is 186 g/mol. The highest BCUT2D eigenvalue weighted by atomic mass is 19.1. The summed E-state index contributed by atoms with van der Waals surface area (Å²) in [6.07, 6.45) is 0.129. The van der Waals surface area contributed by atoms with Crippen molar-refractivity contribution >= 4 is 0 Å². The van der Waals surface area contributed by atoms with Gasteiger partial charge in [0.2, 0.25) is 0 Å². The van der Waals surface area contributed by atoms with Crippen molar-refractivity contribution in [1.29, 1.82) is 0 Å². The Morgan fingerprint density at radius 3 is 2.85 bits per heavy atom. The van der Waals surface area contributed by atoms with Crippen LogP contribution in [0, 0.1) is 5.92 Å². The summed E-state index contributed by atoms with van der Waals surface area (Å²) in [5, 5.41) is 3.41. The normalized spacial score (nSPS) is 47.3. The van der Waals surface area contributed by atoms with E-state index in [4.69, 9.17) is 0 Å². The molecule has 0 saturated carbocycles. The van der Waals surface area contributed by atoms with Gasteiger partial charge >= 0.3 is 0 Å². The zero-order valence-corrected chi connectivity index (χ0v) is 8.46. The van der Waals surface area contributed by atoms with E-state index in [1.807, 2.05) is 0 Å². The maximum Gasteiger partial charge on any atom is 0.114 e. The minimum absolute atomic E-state index is 0.440. The minimum atomic E-state index is -0.598. The third-order valence-electron chi connectivity index (χ3n) is 3.60. The van der Waals surface area contributed by atoms with E-state index in [-0.39, 0.29) is 0 Å². The van der Waals surface area contributed by atoms with E-state index >= 15 is 0 Å². The summed E-state index contributed by atoms with van der Waals surface area (Å²) < 4.78 is 13.2. The van der Waals surface area contributed by atoms with Gasteiger partial charge in [-0.05, 0) is 25.8 Å². The third-order valence-corrected chi connectivity index (χ3v) is 3.60. The van der Waals surface area contributed by atoms with Crippen molar-refractivity contribution in [3.05, 3.63) is 0 Å². The van der Waals surface area contributed by atoms with E-state index in [1.54, 1.807) is 0 Å². The van der Waals surface area contributed by atoms with Crippen LogP contribution in [-0.2, 0) is 0 Å². The molecule has 0 radical (unpaired) electrons. The maximum absolute atomic E-state index is 13.2. The lowest BCUT2D eigenvalue weighted by Gasteiger charge is -2.30. The fraction of sp³-hybridized carbons (Fsp3) is 1.00. The van der Waals surface area contributed by atoms with E-state index < -0.39 is 6.17 Å². The Balaban J connectivity index is 2.08. The van der Waals surface area contributed by atoms with Gasteiger partial charge in [-0.15, -0.1) is 0 Å². The van der Waals surface area contributed by atoms with Crippen LogP contribution in [0.15, 0.2) is 0 Å². The van der Waals surface area contributed by atoms with E-state index in [1.165, 1.54) is 0 Å². The Morgan fingerprint density at radius 1 is 1.31 bits per heavy atom. The van der Waals surface area contributed by atoms with Gasteiger partial charge in [-0.2, -0.15) is 0 Å². The molecule has 0 aliphatic carbocycles. The van der Waals surface area contributed by atoms with Gasteiger partial charge in [-0.1, -0.05) is 6.92 Å². The molecule has 13 heavy (non-hydrogen) atoms. The molecule has 0 aromatic rings. The molecule has 76 valence electrons. The van der Waals surface area contributed by atoms with Crippen molar-refractivity contribution in [1.82, 2.24) is 10.2 Å². The molecule has 3 heteroatoms. The number of halogens is 1. The van der Waals surface area contributed by atoms with Crippen molar-refractivity contribution in [2.24, 2.45) is 5.92 Å². The lowest BCUT2D eigenvalue weighted by Crippen LogP contribution is -2.41. The van der Waals surface area contributed by atoms with Crippen LogP contribution < -0.4 is 5.32 Å². The lowest BCUT2D eigenvalue weighted by molar-refractivity contribution is 0.163. The molecular weight excluding hydrogens is 167 g/mol. The molecule has 2 aliphatic rings. The highest BCUT2D eigenvalue weighted by molar-refractivity contribution is 4.93. The molecule has 0 amide bonds. The molecule has 4 atom stereocenters. The second-order valence-corrected chi connectivity index (χ2v) is 4.56. The molecule has 0 aromatic carbocycles. The Morgan fingerprint density at radius 2 is 2.08 bits per heavy atom. The number of hydrogen-bond acceptors (Lipinski definition) is 2. The largest absolute Gasteiger partial charge is 0.315 e. The molecule has 2 aliphatic heterocycles.